The smallest absolute Gasteiger partial charge is 0.404 e. The Hall–Kier alpha value is -2.12. The quantitative estimate of drug-likeness (QED) is 0.706. The molecule has 9 nitrogen and oxygen atoms in total. The van der Waals surface area contributed by atoms with Gasteiger partial charge in [-0.3, -0.25) is 0 Å². The van der Waals surface area contributed by atoms with Crippen molar-refractivity contribution in [2.24, 2.45) is 0 Å². The number of hydrogen-bond acceptors (Lipinski definition) is 7. The van der Waals surface area contributed by atoms with Gasteiger partial charge in [0.15, 0.2) is 20.7 Å². The monoisotopic (exact) mass is 345 g/mol. The van der Waals surface area contributed by atoms with E-state index < -0.39 is 28.0 Å². The van der Waals surface area contributed by atoms with Crippen LogP contribution in [0.25, 0.3) is 0 Å². The van der Waals surface area contributed by atoms with Crippen LogP contribution in [-0.2, 0) is 9.84 Å². The third-order valence-electron chi connectivity index (χ3n) is 3.14. The van der Waals surface area contributed by atoms with Gasteiger partial charge in [-0.1, -0.05) is 11.6 Å². The second-order valence-electron chi connectivity index (χ2n) is 4.72. The van der Waals surface area contributed by atoms with Gasteiger partial charge in [-0.25, -0.2) is 23.2 Å². The number of nitrogens with zero attached hydrogens (tertiary/aromatic N) is 3. The van der Waals surface area contributed by atoms with E-state index in [0.717, 1.165) is 0 Å². The lowest BCUT2D eigenvalue weighted by molar-refractivity contribution is 0.188. The number of nitriles is 1. The summed E-state index contributed by atoms with van der Waals surface area (Å²) in [5.74, 6) is -0.156. The molecule has 1 amide bonds. The van der Waals surface area contributed by atoms with Crippen molar-refractivity contribution in [2.45, 2.75) is 18.5 Å². The van der Waals surface area contributed by atoms with Crippen LogP contribution < -0.4 is 10.6 Å². The molecule has 0 bridgehead atoms. The number of nitrogens with one attached hydrogen (secondary N) is 2. The van der Waals surface area contributed by atoms with Crippen LogP contribution >= 0.6 is 11.6 Å². The highest BCUT2D eigenvalue weighted by Gasteiger charge is 2.34. The predicted molar refractivity (Wildman–Crippen MR) is 77.4 cm³/mol. The molecule has 1 fully saturated rings. The number of sulfone groups is 1. The minimum Gasteiger partial charge on any atom is -0.465 e. The zero-order valence-electron chi connectivity index (χ0n) is 11.2. The lowest BCUT2D eigenvalue weighted by Crippen LogP contribution is -2.53. The van der Waals surface area contributed by atoms with E-state index in [1.807, 2.05) is 0 Å². The number of anilines is 1. The lowest BCUT2D eigenvalue weighted by Gasteiger charge is -2.32. The third-order valence-corrected chi connectivity index (χ3v) is 5.13. The van der Waals surface area contributed by atoms with Crippen LogP contribution in [0.15, 0.2) is 6.20 Å². The average molecular weight is 346 g/mol. The topological polar surface area (TPSA) is 145 Å². The fraction of sp³-hybridized carbons (Fsp3) is 0.455. The summed E-state index contributed by atoms with van der Waals surface area (Å²) < 4.78 is 23.5. The SMILES string of the molecule is N#Cc1ncc(N[C@@H]2CS(=O)(=O)CC[C@@H]2NC(=O)O)nc1Cl. The number of amides is 1. The summed E-state index contributed by atoms with van der Waals surface area (Å²) in [6.45, 7) is 0. The van der Waals surface area contributed by atoms with Crippen molar-refractivity contribution in [3.8, 4) is 6.07 Å². The molecule has 1 aliphatic rings. The normalized spacial score (nSPS) is 23.3. The number of rotatable bonds is 3. The number of hydrogen-bond donors (Lipinski definition) is 3. The summed E-state index contributed by atoms with van der Waals surface area (Å²) in [5, 5.41) is 22.5. The molecule has 1 saturated heterocycles. The predicted octanol–water partition coefficient (Wildman–Crippen LogP) is 0.237. The molecule has 11 heteroatoms. The molecule has 2 atom stereocenters. The largest absolute Gasteiger partial charge is 0.465 e. The van der Waals surface area contributed by atoms with Crippen LogP contribution in [0, 0.1) is 11.3 Å². The Morgan fingerprint density at radius 1 is 1.50 bits per heavy atom. The van der Waals surface area contributed by atoms with Gasteiger partial charge >= 0.3 is 6.09 Å². The van der Waals surface area contributed by atoms with Crippen LogP contribution in [0.5, 0.6) is 0 Å². The van der Waals surface area contributed by atoms with E-state index in [0.29, 0.717) is 0 Å². The highest BCUT2D eigenvalue weighted by Crippen LogP contribution is 2.19. The van der Waals surface area contributed by atoms with E-state index in [1.165, 1.54) is 6.20 Å². The minimum absolute atomic E-state index is 0.0521. The van der Waals surface area contributed by atoms with Gasteiger partial charge in [0.05, 0.1) is 29.8 Å². The van der Waals surface area contributed by atoms with Crippen molar-refractivity contribution < 1.29 is 18.3 Å². The summed E-state index contributed by atoms with van der Waals surface area (Å²) >= 11 is 5.76. The second-order valence-corrected chi connectivity index (χ2v) is 7.30. The molecule has 0 unspecified atom stereocenters. The Morgan fingerprint density at radius 3 is 2.82 bits per heavy atom. The lowest BCUT2D eigenvalue weighted by atomic mass is 10.1. The maximum Gasteiger partial charge on any atom is 0.404 e. The molecule has 0 aromatic carbocycles. The van der Waals surface area contributed by atoms with Gasteiger partial charge in [0.1, 0.15) is 11.9 Å². The number of carbonyl (C=O) groups is 1. The summed E-state index contributed by atoms with van der Waals surface area (Å²) in [7, 11) is -3.27. The summed E-state index contributed by atoms with van der Waals surface area (Å²) in [5.41, 5.74) is -0.0521. The zero-order chi connectivity index (χ0) is 16.3. The van der Waals surface area contributed by atoms with E-state index in [1.54, 1.807) is 6.07 Å². The molecular formula is C11H12ClN5O4S. The second kappa shape index (κ2) is 6.33. The van der Waals surface area contributed by atoms with Gasteiger partial charge in [0.2, 0.25) is 0 Å². The number of halogens is 1. The zero-order valence-corrected chi connectivity index (χ0v) is 12.7. The van der Waals surface area contributed by atoms with Gasteiger partial charge < -0.3 is 15.7 Å². The highest BCUT2D eigenvalue weighted by atomic mass is 35.5. The third kappa shape index (κ3) is 3.96. The molecule has 118 valence electrons. The highest BCUT2D eigenvalue weighted by molar-refractivity contribution is 7.91. The fourth-order valence-corrected chi connectivity index (χ4v) is 3.98. The maximum absolute atomic E-state index is 11.7. The molecule has 0 spiro atoms. The first-order valence-electron chi connectivity index (χ1n) is 6.20. The van der Waals surface area contributed by atoms with E-state index in [4.69, 9.17) is 22.0 Å². The summed E-state index contributed by atoms with van der Waals surface area (Å²) in [6, 6.07) is 0.468. The van der Waals surface area contributed by atoms with Crippen LogP contribution in [-0.4, -0.2) is 53.2 Å². The Kier molecular flexibility index (Phi) is 4.68. The van der Waals surface area contributed by atoms with E-state index in [9.17, 15) is 13.2 Å². The van der Waals surface area contributed by atoms with Crippen LogP contribution in [0.1, 0.15) is 12.1 Å². The minimum atomic E-state index is -3.27. The number of carboxylic acid groups (broad SMARTS) is 1. The van der Waals surface area contributed by atoms with Crippen molar-refractivity contribution in [1.29, 1.82) is 5.26 Å². The first kappa shape index (κ1) is 16.3. The van der Waals surface area contributed by atoms with Crippen LogP contribution in [0.3, 0.4) is 0 Å². The first-order valence-corrected chi connectivity index (χ1v) is 8.40. The van der Waals surface area contributed by atoms with Crippen molar-refractivity contribution in [2.75, 3.05) is 16.8 Å². The number of aromatic nitrogens is 2. The standard InChI is InChI=1S/C11H12ClN5O4S/c12-10-7(3-13)14-4-9(17-10)15-8-5-22(20,21)2-1-6(8)16-11(18)19/h4,6,8,16H,1-2,5H2,(H,15,17)(H,18,19)/t6-,8+/m0/s1. The van der Waals surface area contributed by atoms with Crippen molar-refractivity contribution in [1.82, 2.24) is 15.3 Å². The Bertz CT molecular complexity index is 732. The van der Waals surface area contributed by atoms with Crippen molar-refractivity contribution in [3.63, 3.8) is 0 Å². The fourth-order valence-electron chi connectivity index (χ4n) is 2.16. The van der Waals surface area contributed by atoms with Gasteiger partial charge in [-0.2, -0.15) is 5.26 Å². The Balaban J connectivity index is 2.20. The Labute approximate surface area is 131 Å². The van der Waals surface area contributed by atoms with Gasteiger partial charge in [-0.05, 0) is 6.42 Å². The first-order chi connectivity index (χ1) is 10.3. The average Bonchev–Trinajstić information content (AvgIpc) is 2.41. The van der Waals surface area contributed by atoms with E-state index >= 15 is 0 Å². The van der Waals surface area contributed by atoms with Crippen LogP contribution in [0.2, 0.25) is 5.15 Å². The van der Waals surface area contributed by atoms with Crippen molar-refractivity contribution >= 4 is 33.3 Å². The molecule has 2 rings (SSSR count). The molecule has 2 heterocycles. The van der Waals surface area contributed by atoms with Gasteiger partial charge in [-0.15, -0.1) is 0 Å². The van der Waals surface area contributed by atoms with Gasteiger partial charge in [0, 0.05) is 0 Å². The molecule has 0 saturated carbocycles. The summed E-state index contributed by atoms with van der Waals surface area (Å²) in [4.78, 5) is 18.5. The molecule has 0 aliphatic carbocycles. The molecule has 0 radical (unpaired) electrons. The van der Waals surface area contributed by atoms with Gasteiger partial charge in [0.25, 0.3) is 0 Å². The molecule has 3 N–H and O–H groups in total. The van der Waals surface area contributed by atoms with Crippen molar-refractivity contribution in [3.05, 3.63) is 17.0 Å². The Morgan fingerprint density at radius 2 is 2.23 bits per heavy atom. The maximum atomic E-state index is 11.7. The van der Waals surface area contributed by atoms with E-state index in [2.05, 4.69) is 20.6 Å². The summed E-state index contributed by atoms with van der Waals surface area (Å²) in [6.07, 6.45) is 0.160. The molecule has 1 aliphatic heterocycles. The molecule has 1 aromatic heterocycles. The molecular weight excluding hydrogens is 334 g/mol. The van der Waals surface area contributed by atoms with E-state index in [-0.39, 0.29) is 34.6 Å². The molecule has 1 aromatic rings. The molecule has 22 heavy (non-hydrogen) atoms. The van der Waals surface area contributed by atoms with Crippen LogP contribution in [0.4, 0.5) is 10.6 Å².